The van der Waals surface area contributed by atoms with Crippen molar-refractivity contribution in [3.63, 3.8) is 0 Å². The molecule has 2 aliphatic rings. The number of anilines is 1. The molecule has 0 radical (unpaired) electrons. The van der Waals surface area contributed by atoms with Gasteiger partial charge in [0.1, 0.15) is 0 Å². The summed E-state index contributed by atoms with van der Waals surface area (Å²) in [7, 11) is 0. The minimum atomic E-state index is -0.0645. The maximum atomic E-state index is 12.4. The first kappa shape index (κ1) is 12.2. The number of fused-ring (bicyclic) bond motifs is 1. The lowest BCUT2D eigenvalue weighted by molar-refractivity contribution is 0.159. The molecule has 2 amide bonds. The molecule has 1 saturated heterocycles. The number of urea groups is 1. The number of piperidine rings is 1. The lowest BCUT2D eigenvalue weighted by Crippen LogP contribution is -2.50. The fourth-order valence-electron chi connectivity index (χ4n) is 2.66. The second-order valence-corrected chi connectivity index (χ2v) is 5.05. The van der Waals surface area contributed by atoms with Crippen LogP contribution in [0.25, 0.3) is 0 Å². The van der Waals surface area contributed by atoms with Crippen molar-refractivity contribution in [2.45, 2.75) is 25.7 Å². The van der Waals surface area contributed by atoms with E-state index in [0.29, 0.717) is 0 Å². The molecule has 1 fully saturated rings. The largest absolute Gasteiger partial charge is 0.340 e. The number of nitrogens with one attached hydrogen (secondary N) is 1. The van der Waals surface area contributed by atoms with E-state index in [0.717, 1.165) is 38.0 Å². The first-order valence-corrected chi connectivity index (χ1v) is 6.94. The molecule has 4 nitrogen and oxygen atoms in total. The van der Waals surface area contributed by atoms with E-state index in [1.807, 2.05) is 35.5 Å². The summed E-state index contributed by atoms with van der Waals surface area (Å²) in [6.07, 6.45) is 8.36. The predicted molar refractivity (Wildman–Crippen MR) is 75.7 cm³/mol. The summed E-state index contributed by atoms with van der Waals surface area (Å²) in [5, 5.41) is 2.02. The van der Waals surface area contributed by atoms with Gasteiger partial charge < -0.3 is 0 Å². The van der Waals surface area contributed by atoms with Gasteiger partial charge in [0.2, 0.25) is 0 Å². The number of carbonyl (C=O) groups excluding carboxylic acids is 1. The van der Waals surface area contributed by atoms with Crippen LogP contribution in [-0.4, -0.2) is 24.1 Å². The van der Waals surface area contributed by atoms with Gasteiger partial charge in [0, 0.05) is 19.3 Å². The lowest BCUT2D eigenvalue weighted by atomic mass is 10.1. The molecule has 2 aliphatic heterocycles. The van der Waals surface area contributed by atoms with Crippen LogP contribution in [0.2, 0.25) is 0 Å². The number of hydrazine groups is 1. The molecule has 2 heterocycles. The topological polar surface area (TPSA) is 35.6 Å². The van der Waals surface area contributed by atoms with Crippen LogP contribution in [0.5, 0.6) is 0 Å². The average Bonchev–Trinajstić information content (AvgIpc) is 2.47. The molecule has 4 heteroatoms. The van der Waals surface area contributed by atoms with Gasteiger partial charge in [-0.15, -0.1) is 0 Å². The third kappa shape index (κ3) is 2.63. The van der Waals surface area contributed by atoms with Gasteiger partial charge in [-0.2, -0.15) is 0 Å². The minimum Gasteiger partial charge on any atom is -0.270 e. The Morgan fingerprint density at radius 1 is 1.11 bits per heavy atom. The highest BCUT2D eigenvalue weighted by atomic mass is 16.2. The molecule has 1 aromatic rings. The molecule has 19 heavy (non-hydrogen) atoms. The molecule has 0 bridgehead atoms. The van der Waals surface area contributed by atoms with E-state index in [1.54, 1.807) is 4.90 Å². The SMILES string of the molecule is O=C(NN1CCCCC1)N1C=CCc2ccccc21. The van der Waals surface area contributed by atoms with Gasteiger partial charge in [-0.25, -0.2) is 9.80 Å². The molecule has 100 valence electrons. The first-order chi connectivity index (χ1) is 9.34. The van der Waals surface area contributed by atoms with Crippen molar-refractivity contribution in [3.8, 4) is 0 Å². The Kier molecular flexibility index (Phi) is 3.51. The molecule has 0 atom stereocenters. The van der Waals surface area contributed by atoms with E-state index in [2.05, 4.69) is 11.5 Å². The van der Waals surface area contributed by atoms with E-state index in [-0.39, 0.29) is 6.03 Å². The smallest absolute Gasteiger partial charge is 0.270 e. The Balaban J connectivity index is 1.72. The van der Waals surface area contributed by atoms with E-state index in [4.69, 9.17) is 0 Å². The first-order valence-electron chi connectivity index (χ1n) is 6.94. The standard InChI is InChI=1S/C15H19N3O/c19-15(16-17-10-4-1-5-11-17)18-12-6-8-13-7-2-3-9-14(13)18/h2-3,6-7,9,12H,1,4-5,8,10-11H2,(H,16,19). The van der Waals surface area contributed by atoms with Gasteiger partial charge >= 0.3 is 6.03 Å². The van der Waals surface area contributed by atoms with Crippen molar-refractivity contribution in [1.82, 2.24) is 10.4 Å². The Morgan fingerprint density at radius 2 is 1.89 bits per heavy atom. The molecule has 0 saturated carbocycles. The maximum Gasteiger partial charge on any atom is 0.340 e. The second kappa shape index (κ2) is 5.45. The molecule has 1 N–H and O–H groups in total. The molecular formula is C15H19N3O. The van der Waals surface area contributed by atoms with Crippen LogP contribution >= 0.6 is 0 Å². The minimum absolute atomic E-state index is 0.0645. The van der Waals surface area contributed by atoms with Crippen molar-refractivity contribution in [3.05, 3.63) is 42.1 Å². The number of hydrogen-bond acceptors (Lipinski definition) is 2. The summed E-state index contributed by atoms with van der Waals surface area (Å²) >= 11 is 0. The molecule has 3 rings (SSSR count). The fourth-order valence-corrected chi connectivity index (χ4v) is 2.66. The quantitative estimate of drug-likeness (QED) is 0.839. The highest BCUT2D eigenvalue weighted by Crippen LogP contribution is 2.25. The zero-order chi connectivity index (χ0) is 13.1. The maximum absolute atomic E-state index is 12.4. The van der Waals surface area contributed by atoms with Crippen LogP contribution in [0.4, 0.5) is 10.5 Å². The highest BCUT2D eigenvalue weighted by Gasteiger charge is 2.21. The van der Waals surface area contributed by atoms with Crippen LogP contribution in [0, 0.1) is 0 Å². The molecule has 1 aromatic carbocycles. The number of rotatable bonds is 1. The highest BCUT2D eigenvalue weighted by molar-refractivity contribution is 5.95. The predicted octanol–water partition coefficient (Wildman–Crippen LogP) is 2.67. The molecule has 0 spiro atoms. The Hall–Kier alpha value is -1.81. The Labute approximate surface area is 113 Å². The number of hydrogen-bond donors (Lipinski definition) is 1. The Bertz CT molecular complexity index is 492. The molecular weight excluding hydrogens is 238 g/mol. The van der Waals surface area contributed by atoms with Crippen molar-refractivity contribution >= 4 is 11.7 Å². The van der Waals surface area contributed by atoms with Crippen LogP contribution in [-0.2, 0) is 6.42 Å². The van der Waals surface area contributed by atoms with Crippen LogP contribution in [0.3, 0.4) is 0 Å². The summed E-state index contributed by atoms with van der Waals surface area (Å²) in [5.41, 5.74) is 5.18. The number of amides is 2. The van der Waals surface area contributed by atoms with Gasteiger partial charge in [0.25, 0.3) is 0 Å². The van der Waals surface area contributed by atoms with Crippen LogP contribution in [0.1, 0.15) is 24.8 Å². The van der Waals surface area contributed by atoms with E-state index >= 15 is 0 Å². The van der Waals surface area contributed by atoms with E-state index < -0.39 is 0 Å². The van der Waals surface area contributed by atoms with Crippen molar-refractivity contribution in [2.24, 2.45) is 0 Å². The van der Waals surface area contributed by atoms with Crippen LogP contribution in [0.15, 0.2) is 36.5 Å². The van der Waals surface area contributed by atoms with E-state index in [1.165, 1.54) is 12.0 Å². The number of benzene rings is 1. The van der Waals surface area contributed by atoms with Crippen LogP contribution < -0.4 is 10.3 Å². The van der Waals surface area contributed by atoms with Gasteiger partial charge in [-0.3, -0.25) is 10.3 Å². The van der Waals surface area contributed by atoms with Crippen molar-refractivity contribution < 1.29 is 4.79 Å². The second-order valence-electron chi connectivity index (χ2n) is 5.05. The monoisotopic (exact) mass is 257 g/mol. The summed E-state index contributed by atoms with van der Waals surface area (Å²) < 4.78 is 0. The Morgan fingerprint density at radius 3 is 2.74 bits per heavy atom. The number of allylic oxidation sites excluding steroid dienone is 1. The van der Waals surface area contributed by atoms with Gasteiger partial charge in [-0.05, 0) is 30.9 Å². The van der Waals surface area contributed by atoms with Crippen molar-refractivity contribution in [1.29, 1.82) is 0 Å². The molecule has 0 aliphatic carbocycles. The normalized spacial score (nSPS) is 19.1. The summed E-state index contributed by atoms with van der Waals surface area (Å²) in [6.45, 7) is 1.90. The fraction of sp³-hybridized carbons (Fsp3) is 0.400. The number of nitrogens with zero attached hydrogens (tertiary/aromatic N) is 2. The van der Waals surface area contributed by atoms with E-state index in [9.17, 15) is 4.79 Å². The van der Waals surface area contributed by atoms with Crippen molar-refractivity contribution in [2.75, 3.05) is 18.0 Å². The molecule has 0 aromatic heterocycles. The zero-order valence-electron chi connectivity index (χ0n) is 11.0. The number of carbonyl (C=O) groups is 1. The van der Waals surface area contributed by atoms with Gasteiger partial charge in [0.05, 0.1) is 5.69 Å². The lowest BCUT2D eigenvalue weighted by Gasteiger charge is -2.31. The van der Waals surface area contributed by atoms with Gasteiger partial charge in [-0.1, -0.05) is 30.7 Å². The molecule has 0 unspecified atom stereocenters. The van der Waals surface area contributed by atoms with Gasteiger partial charge in [0.15, 0.2) is 0 Å². The summed E-state index contributed by atoms with van der Waals surface area (Å²) in [5.74, 6) is 0. The number of para-hydroxylation sites is 1. The summed E-state index contributed by atoms with van der Waals surface area (Å²) in [6, 6.07) is 7.98. The third-order valence-electron chi connectivity index (χ3n) is 3.67. The summed E-state index contributed by atoms with van der Waals surface area (Å²) in [4.78, 5) is 14.1. The zero-order valence-corrected chi connectivity index (χ0v) is 11.0. The average molecular weight is 257 g/mol. The third-order valence-corrected chi connectivity index (χ3v) is 3.67.